The van der Waals surface area contributed by atoms with Crippen LogP contribution in [0.1, 0.15) is 67.9 Å². The monoisotopic (exact) mass is 950 g/mol. The molecule has 14 nitrogen and oxygen atoms in total. The fourth-order valence-electron chi connectivity index (χ4n) is 7.16. The van der Waals surface area contributed by atoms with Gasteiger partial charge in [-0.25, -0.2) is 14.4 Å². The summed E-state index contributed by atoms with van der Waals surface area (Å²) in [5.41, 5.74) is 0.138. The van der Waals surface area contributed by atoms with Gasteiger partial charge in [-0.15, -0.1) is 0 Å². The number of alkyl halides is 1. The molecule has 0 N–H and O–H groups in total. The minimum atomic E-state index is -2.62. The van der Waals surface area contributed by atoms with Crippen LogP contribution in [0.3, 0.4) is 0 Å². The summed E-state index contributed by atoms with van der Waals surface area (Å²) in [7, 11) is -0.686. The van der Waals surface area contributed by atoms with Gasteiger partial charge in [0.15, 0.2) is 16.6 Å². The molecule has 60 heavy (non-hydrogen) atoms. The predicted octanol–water partition coefficient (Wildman–Crippen LogP) is 8.33. The molecule has 0 radical (unpaired) electrons. The van der Waals surface area contributed by atoms with Crippen molar-refractivity contribution in [3.63, 3.8) is 0 Å². The molecule has 1 heterocycles. The van der Waals surface area contributed by atoms with Gasteiger partial charge in [-0.2, -0.15) is 0 Å². The number of epoxide rings is 1. The van der Waals surface area contributed by atoms with Crippen LogP contribution in [0, 0.1) is 17.8 Å². The summed E-state index contributed by atoms with van der Waals surface area (Å²) in [4.78, 5) is 38.9. The SMILES string of the molecule is CC[Si](CC)(CC)O[C@@H]([C@H](COC(=O)OCCBr)[C@H](O[Si](C)(C)C(C)(C)C)[C@]1(C)O[C@@H]1[C@@H](C)COCc1ccc(OC)cc1)[C@H](C)C(COC(=O)COC)OC(=O)COC. The van der Waals surface area contributed by atoms with E-state index in [2.05, 4.69) is 77.5 Å². The Morgan fingerprint density at radius 2 is 1.45 bits per heavy atom. The van der Waals surface area contributed by atoms with Crippen molar-refractivity contribution in [1.29, 1.82) is 0 Å². The lowest BCUT2D eigenvalue weighted by molar-refractivity contribution is -0.171. The van der Waals surface area contributed by atoms with Crippen molar-refractivity contribution in [2.24, 2.45) is 17.8 Å². The summed E-state index contributed by atoms with van der Waals surface area (Å²) in [5, 5.41) is 0.217. The average Bonchev–Trinajstić information content (AvgIpc) is 3.91. The van der Waals surface area contributed by atoms with Crippen molar-refractivity contribution in [1.82, 2.24) is 0 Å². The van der Waals surface area contributed by atoms with Gasteiger partial charge in [0.1, 0.15) is 50.5 Å². The molecule has 1 aromatic rings. The van der Waals surface area contributed by atoms with Crippen LogP contribution in [0.15, 0.2) is 24.3 Å². The molecule has 0 spiro atoms. The Labute approximate surface area is 370 Å². The Morgan fingerprint density at radius 1 is 0.850 bits per heavy atom. The Morgan fingerprint density at radius 3 is 1.98 bits per heavy atom. The van der Waals surface area contributed by atoms with E-state index in [1.807, 2.05) is 38.1 Å². The van der Waals surface area contributed by atoms with E-state index in [4.69, 9.17) is 51.5 Å². The lowest BCUT2D eigenvalue weighted by Crippen LogP contribution is -2.58. The number of ether oxygens (including phenoxy) is 9. The summed E-state index contributed by atoms with van der Waals surface area (Å²) in [5.74, 6) is -1.84. The Bertz CT molecular complexity index is 1430. The largest absolute Gasteiger partial charge is 0.508 e. The highest BCUT2D eigenvalue weighted by Crippen LogP contribution is 2.52. The van der Waals surface area contributed by atoms with Gasteiger partial charge in [0, 0.05) is 37.3 Å². The van der Waals surface area contributed by atoms with Gasteiger partial charge in [0.25, 0.3) is 0 Å². The van der Waals surface area contributed by atoms with Crippen LogP contribution in [-0.2, 0) is 62.9 Å². The zero-order chi connectivity index (χ0) is 45.3. The molecular formula is C43H75BrO14Si2. The zero-order valence-electron chi connectivity index (χ0n) is 38.7. The Hall–Kier alpha value is -2.10. The lowest BCUT2D eigenvalue weighted by atomic mass is 9.79. The molecule has 0 aromatic heterocycles. The molecule has 2 rings (SSSR count). The second-order valence-corrected chi connectivity index (χ2v) is 27.7. The lowest BCUT2D eigenvalue weighted by Gasteiger charge is -2.48. The first kappa shape index (κ1) is 54.0. The first-order valence-corrected chi connectivity index (χ1v) is 27.7. The molecule has 1 aliphatic rings. The van der Waals surface area contributed by atoms with Crippen LogP contribution in [0.4, 0.5) is 4.79 Å². The van der Waals surface area contributed by atoms with E-state index in [-0.39, 0.29) is 50.1 Å². The highest BCUT2D eigenvalue weighted by atomic mass is 79.9. The van der Waals surface area contributed by atoms with E-state index in [0.717, 1.165) is 29.4 Å². The topological polar surface area (TPSA) is 156 Å². The third kappa shape index (κ3) is 15.9. The summed E-state index contributed by atoms with van der Waals surface area (Å²) in [6.45, 7) is 23.2. The number of benzene rings is 1. The number of hydrogen-bond acceptors (Lipinski definition) is 14. The normalized spacial score (nSPS) is 19.9. The molecule has 1 unspecified atom stereocenters. The second kappa shape index (κ2) is 25.3. The summed E-state index contributed by atoms with van der Waals surface area (Å²) < 4.78 is 66.4. The van der Waals surface area contributed by atoms with Gasteiger partial charge >= 0.3 is 18.1 Å². The van der Waals surface area contributed by atoms with Crippen LogP contribution >= 0.6 is 15.9 Å². The molecule has 1 fully saturated rings. The van der Waals surface area contributed by atoms with E-state index >= 15 is 0 Å². The standard InChI is InChI=1S/C43H75BrO14Si2/c1-15-60(16-2,17-3)57-38(31(5)35(55-37(46)29-49-11)27-53-36(45)28-48-10)34(26-54-41(47)52-23-22-44)40(58-59(13,14)42(6,7)8)43(9)39(56-43)30(4)24-51-25-32-18-20-33(50-12)21-19-32/h18-21,30-31,34-35,38-40H,15-17,22-29H2,1-14H3/t30-,31+,34-,35?,38+,39+,40-,43+/m0/s1. The van der Waals surface area contributed by atoms with E-state index < -0.39 is 70.5 Å². The van der Waals surface area contributed by atoms with Crippen molar-refractivity contribution in [2.75, 3.05) is 66.3 Å². The Kier molecular flexibility index (Phi) is 22.8. The van der Waals surface area contributed by atoms with E-state index in [0.29, 0.717) is 18.5 Å². The second-order valence-electron chi connectivity index (χ2n) is 17.4. The molecule has 8 atom stereocenters. The maximum atomic E-state index is 13.2. The van der Waals surface area contributed by atoms with Gasteiger partial charge in [-0.1, -0.05) is 83.5 Å². The summed E-state index contributed by atoms with van der Waals surface area (Å²) in [6.07, 6.45) is -3.55. The summed E-state index contributed by atoms with van der Waals surface area (Å²) >= 11 is 3.31. The zero-order valence-corrected chi connectivity index (χ0v) is 42.3. The van der Waals surface area contributed by atoms with Crippen molar-refractivity contribution in [3.05, 3.63) is 29.8 Å². The van der Waals surface area contributed by atoms with Crippen molar-refractivity contribution < 1.29 is 65.9 Å². The van der Waals surface area contributed by atoms with Crippen molar-refractivity contribution in [2.45, 2.75) is 135 Å². The van der Waals surface area contributed by atoms with Gasteiger partial charge in [0.2, 0.25) is 0 Å². The predicted molar refractivity (Wildman–Crippen MR) is 238 cm³/mol. The van der Waals surface area contributed by atoms with E-state index in [1.54, 1.807) is 7.11 Å². The van der Waals surface area contributed by atoms with Crippen LogP contribution < -0.4 is 4.74 Å². The maximum absolute atomic E-state index is 13.2. The molecule has 1 saturated heterocycles. The molecule has 1 aromatic carbocycles. The molecule has 0 aliphatic carbocycles. The molecular weight excluding hydrogens is 877 g/mol. The van der Waals surface area contributed by atoms with Crippen LogP contribution in [0.25, 0.3) is 0 Å². The molecule has 0 bridgehead atoms. The molecule has 1 aliphatic heterocycles. The minimum absolute atomic E-state index is 0.0562. The first-order valence-electron chi connectivity index (χ1n) is 21.1. The van der Waals surface area contributed by atoms with E-state index in [9.17, 15) is 14.4 Å². The smallest absolute Gasteiger partial charge is 0.497 e. The number of esters is 2. The van der Waals surface area contributed by atoms with Gasteiger partial charge < -0.3 is 51.5 Å². The number of halogens is 1. The van der Waals surface area contributed by atoms with Crippen LogP contribution in [0.5, 0.6) is 5.75 Å². The fourth-order valence-corrected chi connectivity index (χ4v) is 11.7. The van der Waals surface area contributed by atoms with Gasteiger partial charge in [0.05, 0.1) is 38.6 Å². The van der Waals surface area contributed by atoms with Crippen LogP contribution in [-0.4, -0.2) is 131 Å². The fraction of sp³-hybridized carbons (Fsp3) is 0.791. The first-order chi connectivity index (χ1) is 28.2. The highest BCUT2D eigenvalue weighted by Gasteiger charge is 2.65. The quantitative estimate of drug-likeness (QED) is 0.0248. The minimum Gasteiger partial charge on any atom is -0.497 e. The van der Waals surface area contributed by atoms with E-state index in [1.165, 1.54) is 14.2 Å². The van der Waals surface area contributed by atoms with Gasteiger partial charge in [-0.3, -0.25) is 0 Å². The number of carbonyl (C=O) groups is 3. The Balaban J connectivity index is 2.79. The molecule has 0 saturated carbocycles. The number of methoxy groups -OCH3 is 3. The van der Waals surface area contributed by atoms with Crippen LogP contribution in [0.2, 0.25) is 36.3 Å². The number of carbonyl (C=O) groups excluding carboxylic acids is 3. The molecule has 346 valence electrons. The van der Waals surface area contributed by atoms with Crippen molar-refractivity contribution >= 4 is 50.7 Å². The third-order valence-electron chi connectivity index (χ3n) is 12.1. The third-order valence-corrected chi connectivity index (χ3v) is 21.6. The molecule has 17 heteroatoms. The maximum Gasteiger partial charge on any atom is 0.508 e. The highest BCUT2D eigenvalue weighted by molar-refractivity contribution is 9.09. The molecule has 0 amide bonds. The number of rotatable bonds is 29. The number of hydrogen-bond donors (Lipinski definition) is 0. The average molecular weight is 952 g/mol. The van der Waals surface area contributed by atoms with Gasteiger partial charge in [-0.05, 0) is 60.9 Å². The van der Waals surface area contributed by atoms with Crippen molar-refractivity contribution in [3.8, 4) is 5.75 Å². The summed E-state index contributed by atoms with van der Waals surface area (Å²) in [6, 6.07) is 10.2.